The van der Waals surface area contributed by atoms with Gasteiger partial charge >= 0.3 is 6.03 Å². The molecule has 1 saturated carbocycles. The molecule has 1 aromatic carbocycles. The number of carbonyl (C=O) groups is 1. The maximum Gasteiger partial charge on any atom is 0.319 e. The van der Waals surface area contributed by atoms with Gasteiger partial charge < -0.3 is 10.6 Å². The van der Waals surface area contributed by atoms with Crippen molar-refractivity contribution in [3.8, 4) is 0 Å². The van der Waals surface area contributed by atoms with Gasteiger partial charge in [0.1, 0.15) is 0 Å². The molecule has 1 fully saturated rings. The summed E-state index contributed by atoms with van der Waals surface area (Å²) < 4.78 is 1.04. The van der Waals surface area contributed by atoms with E-state index in [4.69, 9.17) is 0 Å². The van der Waals surface area contributed by atoms with Gasteiger partial charge in [0.15, 0.2) is 0 Å². The minimum absolute atomic E-state index is 0.0859. The first-order chi connectivity index (χ1) is 9.47. The standard InChI is InChI=1S/C16H23BrN2O/c1-10-6-4-5-7-14(10)18-16(20)19-15-11(2)8-13(17)9-12(15)3/h8-10,14H,4-7H2,1-3H3,(H2,18,19,20). The molecule has 0 radical (unpaired) electrons. The van der Waals surface area contributed by atoms with Gasteiger partial charge in [-0.2, -0.15) is 0 Å². The number of urea groups is 1. The minimum atomic E-state index is -0.0859. The van der Waals surface area contributed by atoms with Crippen molar-refractivity contribution in [1.82, 2.24) is 5.32 Å². The largest absolute Gasteiger partial charge is 0.335 e. The quantitative estimate of drug-likeness (QED) is 0.801. The lowest BCUT2D eigenvalue weighted by molar-refractivity contribution is 0.232. The SMILES string of the molecule is Cc1cc(Br)cc(C)c1NC(=O)NC1CCCCC1C. The average Bonchev–Trinajstić information content (AvgIpc) is 2.36. The summed E-state index contributed by atoms with van der Waals surface area (Å²) >= 11 is 3.47. The number of anilines is 1. The molecule has 1 aliphatic carbocycles. The highest BCUT2D eigenvalue weighted by molar-refractivity contribution is 9.10. The van der Waals surface area contributed by atoms with Crippen molar-refractivity contribution in [2.45, 2.75) is 52.5 Å². The monoisotopic (exact) mass is 338 g/mol. The van der Waals surface area contributed by atoms with Crippen molar-refractivity contribution >= 4 is 27.6 Å². The second-order valence-electron chi connectivity index (χ2n) is 5.88. The Bertz CT molecular complexity index is 478. The molecule has 20 heavy (non-hydrogen) atoms. The van der Waals surface area contributed by atoms with E-state index in [1.807, 2.05) is 26.0 Å². The summed E-state index contributed by atoms with van der Waals surface area (Å²) in [6.45, 7) is 6.24. The number of rotatable bonds is 2. The Hall–Kier alpha value is -1.03. The van der Waals surface area contributed by atoms with Crippen LogP contribution >= 0.6 is 15.9 Å². The van der Waals surface area contributed by atoms with Crippen LogP contribution in [0, 0.1) is 19.8 Å². The van der Waals surface area contributed by atoms with Crippen LogP contribution in [0.2, 0.25) is 0 Å². The van der Waals surface area contributed by atoms with E-state index in [1.165, 1.54) is 19.3 Å². The van der Waals surface area contributed by atoms with Gasteiger partial charge in [-0.3, -0.25) is 0 Å². The summed E-state index contributed by atoms with van der Waals surface area (Å²) in [6.07, 6.45) is 4.80. The van der Waals surface area contributed by atoms with E-state index in [-0.39, 0.29) is 6.03 Å². The Morgan fingerprint density at radius 2 is 1.80 bits per heavy atom. The molecular weight excluding hydrogens is 316 g/mol. The highest BCUT2D eigenvalue weighted by atomic mass is 79.9. The summed E-state index contributed by atoms with van der Waals surface area (Å²) in [5.74, 6) is 0.571. The van der Waals surface area contributed by atoms with Crippen LogP contribution in [0.5, 0.6) is 0 Å². The van der Waals surface area contributed by atoms with E-state index < -0.39 is 0 Å². The molecule has 0 heterocycles. The number of carbonyl (C=O) groups excluding carboxylic acids is 1. The molecule has 110 valence electrons. The predicted molar refractivity (Wildman–Crippen MR) is 87.2 cm³/mol. The van der Waals surface area contributed by atoms with Crippen LogP contribution < -0.4 is 10.6 Å². The number of amides is 2. The lowest BCUT2D eigenvalue weighted by atomic mass is 9.86. The van der Waals surface area contributed by atoms with Gasteiger partial charge in [0.25, 0.3) is 0 Å². The lowest BCUT2D eigenvalue weighted by Gasteiger charge is -2.29. The molecule has 2 amide bonds. The first-order valence-corrected chi connectivity index (χ1v) is 8.11. The van der Waals surface area contributed by atoms with Crippen molar-refractivity contribution in [2.24, 2.45) is 5.92 Å². The number of halogens is 1. The molecule has 0 saturated heterocycles. The summed E-state index contributed by atoms with van der Waals surface area (Å²) in [5, 5.41) is 6.13. The zero-order valence-electron chi connectivity index (χ0n) is 12.4. The normalized spacial score (nSPS) is 22.4. The third kappa shape index (κ3) is 3.75. The van der Waals surface area contributed by atoms with Crippen LogP contribution in [0.25, 0.3) is 0 Å². The van der Waals surface area contributed by atoms with Gasteiger partial charge in [-0.1, -0.05) is 35.7 Å². The van der Waals surface area contributed by atoms with E-state index in [0.717, 1.165) is 27.7 Å². The van der Waals surface area contributed by atoms with Crippen molar-refractivity contribution in [3.63, 3.8) is 0 Å². The third-order valence-corrected chi connectivity index (χ3v) is 4.62. The number of hydrogen-bond donors (Lipinski definition) is 2. The smallest absolute Gasteiger partial charge is 0.319 e. The van der Waals surface area contributed by atoms with E-state index in [1.54, 1.807) is 0 Å². The van der Waals surface area contributed by atoms with Crippen LogP contribution in [-0.4, -0.2) is 12.1 Å². The Morgan fingerprint density at radius 3 is 2.40 bits per heavy atom. The first-order valence-electron chi connectivity index (χ1n) is 7.31. The van der Waals surface area contributed by atoms with Gasteiger partial charge in [-0.15, -0.1) is 0 Å². The second-order valence-corrected chi connectivity index (χ2v) is 6.80. The predicted octanol–water partition coefficient (Wildman–Crippen LogP) is 4.77. The fourth-order valence-corrected chi connectivity index (χ4v) is 3.64. The fourth-order valence-electron chi connectivity index (χ4n) is 2.96. The maximum atomic E-state index is 12.2. The number of nitrogens with one attached hydrogen (secondary N) is 2. The van der Waals surface area contributed by atoms with Crippen molar-refractivity contribution in [3.05, 3.63) is 27.7 Å². The van der Waals surface area contributed by atoms with E-state index >= 15 is 0 Å². The molecule has 1 aliphatic rings. The molecule has 3 nitrogen and oxygen atoms in total. The topological polar surface area (TPSA) is 41.1 Å². The molecular formula is C16H23BrN2O. The van der Waals surface area contributed by atoms with Crippen LogP contribution in [0.3, 0.4) is 0 Å². The molecule has 2 unspecified atom stereocenters. The van der Waals surface area contributed by atoms with Crippen molar-refractivity contribution in [1.29, 1.82) is 0 Å². The second kappa shape index (κ2) is 6.61. The molecule has 0 aromatic heterocycles. The highest BCUT2D eigenvalue weighted by Gasteiger charge is 2.23. The van der Waals surface area contributed by atoms with E-state index in [0.29, 0.717) is 12.0 Å². The molecule has 1 aromatic rings. The summed E-state index contributed by atoms with van der Waals surface area (Å²) in [4.78, 5) is 12.2. The van der Waals surface area contributed by atoms with Crippen molar-refractivity contribution < 1.29 is 4.79 Å². The van der Waals surface area contributed by atoms with Crippen LogP contribution in [0.4, 0.5) is 10.5 Å². The highest BCUT2D eigenvalue weighted by Crippen LogP contribution is 2.26. The number of benzene rings is 1. The summed E-state index contributed by atoms with van der Waals surface area (Å²) in [7, 11) is 0. The molecule has 2 atom stereocenters. The van der Waals surface area contributed by atoms with Crippen molar-refractivity contribution in [2.75, 3.05) is 5.32 Å². The molecule has 0 aliphatic heterocycles. The van der Waals surface area contributed by atoms with Crippen LogP contribution in [0.1, 0.15) is 43.7 Å². The number of hydrogen-bond acceptors (Lipinski definition) is 1. The fraction of sp³-hybridized carbons (Fsp3) is 0.562. The molecule has 0 bridgehead atoms. The maximum absolute atomic E-state index is 12.2. The van der Waals surface area contributed by atoms with E-state index in [9.17, 15) is 4.79 Å². The Morgan fingerprint density at radius 1 is 1.20 bits per heavy atom. The van der Waals surface area contributed by atoms with Gasteiger partial charge in [0.2, 0.25) is 0 Å². The summed E-state index contributed by atoms with van der Waals surface area (Å²) in [6, 6.07) is 4.26. The zero-order valence-corrected chi connectivity index (χ0v) is 14.0. The van der Waals surface area contributed by atoms with E-state index in [2.05, 4.69) is 33.5 Å². The molecule has 2 N–H and O–H groups in total. The zero-order chi connectivity index (χ0) is 14.7. The average molecular weight is 339 g/mol. The Balaban J connectivity index is 2.01. The minimum Gasteiger partial charge on any atom is -0.335 e. The van der Waals surface area contributed by atoms with Gasteiger partial charge in [0, 0.05) is 16.2 Å². The van der Waals surface area contributed by atoms with Crippen LogP contribution in [0.15, 0.2) is 16.6 Å². The molecule has 4 heteroatoms. The first kappa shape index (κ1) is 15.4. The lowest BCUT2D eigenvalue weighted by Crippen LogP contribution is -2.43. The molecule has 0 spiro atoms. The van der Waals surface area contributed by atoms with Gasteiger partial charge in [-0.05, 0) is 55.9 Å². The Labute approximate surface area is 129 Å². The van der Waals surface area contributed by atoms with Crippen LogP contribution in [-0.2, 0) is 0 Å². The Kier molecular flexibility index (Phi) is 5.08. The van der Waals surface area contributed by atoms with Gasteiger partial charge in [-0.25, -0.2) is 4.79 Å². The number of aryl methyl sites for hydroxylation is 2. The summed E-state index contributed by atoms with van der Waals surface area (Å²) in [5.41, 5.74) is 3.06. The molecule has 2 rings (SSSR count). The third-order valence-electron chi connectivity index (χ3n) is 4.16. The van der Waals surface area contributed by atoms with Gasteiger partial charge in [0.05, 0.1) is 0 Å².